The average Bonchev–Trinajstić information content (AvgIpc) is 2.84. The predicted molar refractivity (Wildman–Crippen MR) is 140 cm³/mol. The second-order valence-electron chi connectivity index (χ2n) is 7.99. The monoisotopic (exact) mass is 521 g/mol. The quantitative estimate of drug-likeness (QED) is 0.294. The Balaban J connectivity index is 2.16. The van der Waals surface area contributed by atoms with Crippen LogP contribution in [-0.2, 0) is 32.0 Å². The smallest absolute Gasteiger partial charge is 0.328 e. The van der Waals surface area contributed by atoms with E-state index < -0.39 is 24.0 Å². The minimum Gasteiger partial charge on any atom is -0.464 e. The third-order valence-corrected chi connectivity index (χ3v) is 5.65. The average molecular weight is 522 g/mol. The maximum absolute atomic E-state index is 13.2. The van der Waals surface area contributed by atoms with Crippen molar-refractivity contribution in [3.8, 4) is 0 Å². The Morgan fingerprint density at radius 2 is 1.43 bits per heavy atom. The first-order chi connectivity index (χ1) is 16.9. The Hall–Kier alpha value is -2.77. The molecular weight excluding hydrogens is 489 g/mol. The van der Waals surface area contributed by atoms with Crippen LogP contribution >= 0.6 is 23.2 Å². The summed E-state index contributed by atoms with van der Waals surface area (Å²) in [5.74, 6) is -0.353. The summed E-state index contributed by atoms with van der Waals surface area (Å²) < 4.78 is 5.17. The van der Waals surface area contributed by atoms with Gasteiger partial charge in [0.1, 0.15) is 12.1 Å². The van der Waals surface area contributed by atoms with Gasteiger partial charge in [0.25, 0.3) is 0 Å². The van der Waals surface area contributed by atoms with Crippen LogP contribution in [0.1, 0.15) is 25.0 Å². The first-order valence-corrected chi connectivity index (χ1v) is 12.7. The highest BCUT2D eigenvalue weighted by molar-refractivity contribution is 6.18. The fourth-order valence-corrected chi connectivity index (χ4v) is 4.07. The van der Waals surface area contributed by atoms with E-state index in [1.165, 1.54) is 6.92 Å². The highest BCUT2D eigenvalue weighted by Gasteiger charge is 2.27. The Labute approximate surface area is 217 Å². The van der Waals surface area contributed by atoms with E-state index in [1.807, 2.05) is 54.6 Å². The van der Waals surface area contributed by atoms with Crippen LogP contribution in [0.4, 0.5) is 5.69 Å². The van der Waals surface area contributed by atoms with Crippen LogP contribution in [0.5, 0.6) is 0 Å². The largest absolute Gasteiger partial charge is 0.464 e. The van der Waals surface area contributed by atoms with Crippen LogP contribution < -0.4 is 15.5 Å². The highest BCUT2D eigenvalue weighted by atomic mass is 35.5. The van der Waals surface area contributed by atoms with E-state index in [0.717, 1.165) is 16.8 Å². The van der Waals surface area contributed by atoms with Crippen molar-refractivity contribution in [1.29, 1.82) is 0 Å². The zero-order valence-electron chi connectivity index (χ0n) is 20.1. The van der Waals surface area contributed by atoms with Crippen molar-refractivity contribution in [3.63, 3.8) is 0 Å². The van der Waals surface area contributed by atoms with Crippen molar-refractivity contribution in [1.82, 2.24) is 10.6 Å². The summed E-state index contributed by atoms with van der Waals surface area (Å²) in [6, 6.07) is 15.3. The summed E-state index contributed by atoms with van der Waals surface area (Å²) in [5, 5.41) is 5.47. The summed E-state index contributed by atoms with van der Waals surface area (Å²) in [7, 11) is 0. The van der Waals surface area contributed by atoms with Crippen molar-refractivity contribution in [2.24, 2.45) is 0 Å². The minimum absolute atomic E-state index is 0.200. The van der Waals surface area contributed by atoms with Crippen LogP contribution in [0.3, 0.4) is 0 Å². The van der Waals surface area contributed by atoms with Gasteiger partial charge in [0.15, 0.2) is 0 Å². The summed E-state index contributed by atoms with van der Waals surface area (Å²) >= 11 is 11.8. The Morgan fingerprint density at radius 1 is 0.857 bits per heavy atom. The number of ether oxygens (including phenoxy) is 1. The van der Waals surface area contributed by atoms with Crippen LogP contribution in [0.25, 0.3) is 0 Å². The molecule has 0 saturated carbocycles. The number of rotatable bonds is 14. The first-order valence-electron chi connectivity index (χ1n) is 11.6. The van der Waals surface area contributed by atoms with Gasteiger partial charge in [-0.25, -0.2) is 4.79 Å². The zero-order valence-corrected chi connectivity index (χ0v) is 21.6. The molecule has 0 bridgehead atoms. The lowest BCUT2D eigenvalue weighted by atomic mass is 10.0. The van der Waals surface area contributed by atoms with Crippen LogP contribution in [-0.4, -0.2) is 61.3 Å². The topological polar surface area (TPSA) is 87.7 Å². The number of alkyl halides is 2. The third kappa shape index (κ3) is 9.78. The Morgan fingerprint density at radius 3 is 1.97 bits per heavy atom. The molecule has 2 N–H and O–H groups in total. The zero-order chi connectivity index (χ0) is 25.6. The molecule has 2 rings (SSSR count). The second kappa shape index (κ2) is 15.3. The lowest BCUT2D eigenvalue weighted by Gasteiger charge is -2.24. The van der Waals surface area contributed by atoms with Gasteiger partial charge in [-0.05, 0) is 30.2 Å². The molecule has 0 saturated heterocycles. The van der Waals surface area contributed by atoms with E-state index in [2.05, 4.69) is 15.5 Å². The number of carbonyl (C=O) groups is 3. The number of hydrogen-bond acceptors (Lipinski definition) is 5. The maximum Gasteiger partial charge on any atom is 0.328 e. The molecule has 0 radical (unpaired) electrons. The van der Waals surface area contributed by atoms with Crippen molar-refractivity contribution in [3.05, 3.63) is 65.7 Å². The van der Waals surface area contributed by atoms with Crippen LogP contribution in [0.2, 0.25) is 0 Å². The number of benzene rings is 2. The van der Waals surface area contributed by atoms with Gasteiger partial charge >= 0.3 is 5.97 Å². The standard InChI is InChI=1S/C26H33Cl2N3O4/c1-3-35-26(34)24(18-20-7-5-4-6-8-20)30-25(33)23(29-19(2)32)17-21-9-11-22(12-10-21)31(15-13-27)16-14-28/h4-12,23-24H,3,13-18H2,1-2H3,(H,29,32)(H,30,33). The van der Waals surface area contributed by atoms with Gasteiger partial charge in [-0.2, -0.15) is 0 Å². The molecule has 2 aromatic rings. The minimum atomic E-state index is -0.872. The maximum atomic E-state index is 13.2. The molecule has 0 heterocycles. The molecule has 2 amide bonds. The molecule has 35 heavy (non-hydrogen) atoms. The SMILES string of the molecule is CCOC(=O)C(Cc1ccccc1)NC(=O)C(Cc1ccc(N(CCCl)CCCl)cc1)NC(C)=O. The van der Waals surface area contributed by atoms with E-state index in [0.29, 0.717) is 24.8 Å². The Kier molecular flexibility index (Phi) is 12.4. The molecule has 9 heteroatoms. The molecular formula is C26H33Cl2N3O4. The van der Waals surface area contributed by atoms with E-state index in [4.69, 9.17) is 27.9 Å². The van der Waals surface area contributed by atoms with E-state index in [1.54, 1.807) is 6.92 Å². The first kappa shape index (κ1) is 28.5. The van der Waals surface area contributed by atoms with Crippen LogP contribution in [0, 0.1) is 0 Å². The highest BCUT2D eigenvalue weighted by Crippen LogP contribution is 2.17. The van der Waals surface area contributed by atoms with Gasteiger partial charge < -0.3 is 20.3 Å². The van der Waals surface area contributed by atoms with Crippen LogP contribution in [0.15, 0.2) is 54.6 Å². The number of nitrogens with one attached hydrogen (secondary N) is 2. The third-order valence-electron chi connectivity index (χ3n) is 5.31. The molecule has 7 nitrogen and oxygen atoms in total. The van der Waals surface area contributed by atoms with Gasteiger partial charge in [0.05, 0.1) is 6.61 Å². The lowest BCUT2D eigenvalue weighted by molar-refractivity contribution is -0.147. The van der Waals surface area contributed by atoms with Crippen molar-refractivity contribution in [2.75, 3.05) is 36.4 Å². The van der Waals surface area contributed by atoms with Gasteiger partial charge in [-0.15, -0.1) is 23.2 Å². The number of carbonyl (C=O) groups excluding carboxylic acids is 3. The van der Waals surface area contributed by atoms with E-state index in [-0.39, 0.29) is 25.4 Å². The summed E-state index contributed by atoms with van der Waals surface area (Å²) in [6.45, 7) is 4.60. The number of nitrogens with zero attached hydrogens (tertiary/aromatic N) is 1. The van der Waals surface area contributed by atoms with Crippen molar-refractivity contribution in [2.45, 2.75) is 38.8 Å². The summed E-state index contributed by atoms with van der Waals surface area (Å²) in [4.78, 5) is 39.6. The van der Waals surface area contributed by atoms with Gasteiger partial charge in [0, 0.05) is 50.3 Å². The van der Waals surface area contributed by atoms with Crippen molar-refractivity contribution < 1.29 is 19.1 Å². The van der Waals surface area contributed by atoms with E-state index in [9.17, 15) is 14.4 Å². The molecule has 0 aliphatic rings. The Bertz CT molecular complexity index is 935. The molecule has 190 valence electrons. The molecule has 0 aromatic heterocycles. The predicted octanol–water partition coefficient (Wildman–Crippen LogP) is 3.31. The molecule has 0 spiro atoms. The fourth-order valence-electron chi connectivity index (χ4n) is 3.67. The number of hydrogen-bond donors (Lipinski definition) is 2. The second-order valence-corrected chi connectivity index (χ2v) is 8.75. The normalized spacial score (nSPS) is 12.3. The number of amides is 2. The van der Waals surface area contributed by atoms with Crippen molar-refractivity contribution >= 4 is 46.7 Å². The number of esters is 1. The number of anilines is 1. The molecule has 0 fully saturated rings. The molecule has 0 aliphatic heterocycles. The molecule has 0 aliphatic carbocycles. The molecule has 2 unspecified atom stereocenters. The fraction of sp³-hybridized carbons (Fsp3) is 0.423. The summed E-state index contributed by atoms with van der Waals surface area (Å²) in [6.07, 6.45) is 0.543. The molecule has 2 atom stereocenters. The summed E-state index contributed by atoms with van der Waals surface area (Å²) in [5.41, 5.74) is 2.71. The van der Waals surface area contributed by atoms with Gasteiger partial charge in [-0.3, -0.25) is 9.59 Å². The van der Waals surface area contributed by atoms with Gasteiger partial charge in [-0.1, -0.05) is 42.5 Å². The van der Waals surface area contributed by atoms with E-state index >= 15 is 0 Å². The number of halogens is 2. The molecule has 2 aromatic carbocycles. The van der Waals surface area contributed by atoms with Gasteiger partial charge in [0.2, 0.25) is 11.8 Å². The lowest BCUT2D eigenvalue weighted by Crippen LogP contribution is -2.53.